The van der Waals surface area contributed by atoms with Crippen LogP contribution >= 0.6 is 11.3 Å². The van der Waals surface area contributed by atoms with E-state index in [9.17, 15) is 0 Å². The molecule has 2 aromatic rings. The van der Waals surface area contributed by atoms with Gasteiger partial charge in [0.1, 0.15) is 5.51 Å². The van der Waals surface area contributed by atoms with E-state index >= 15 is 0 Å². The van der Waals surface area contributed by atoms with Crippen molar-refractivity contribution in [2.24, 2.45) is 0 Å². The van der Waals surface area contributed by atoms with E-state index in [4.69, 9.17) is 0 Å². The van der Waals surface area contributed by atoms with Crippen molar-refractivity contribution in [1.82, 2.24) is 10.2 Å². The molecule has 3 rings (SSSR count). The molecule has 3 nitrogen and oxygen atoms in total. The fourth-order valence-corrected chi connectivity index (χ4v) is 2.35. The molecule has 1 aliphatic carbocycles. The molecule has 0 aliphatic heterocycles. The second-order valence-corrected chi connectivity index (χ2v) is 4.90. The molecule has 0 unspecified atom stereocenters. The highest BCUT2D eigenvalue weighted by atomic mass is 32.1. The molecule has 1 fully saturated rings. The summed E-state index contributed by atoms with van der Waals surface area (Å²) >= 11 is 1.54. The zero-order valence-corrected chi connectivity index (χ0v) is 9.70. The largest absolute Gasteiger partial charge is 0.356 e. The Labute approximate surface area is 98.5 Å². The Morgan fingerprint density at radius 3 is 2.94 bits per heavy atom. The lowest BCUT2D eigenvalue weighted by Gasteiger charge is -2.08. The molecule has 1 aliphatic rings. The SMILES string of the molecule is c1ccc(C2CC2)c(CNc2nncs2)c1. The van der Waals surface area contributed by atoms with Gasteiger partial charge in [-0.1, -0.05) is 35.6 Å². The number of anilines is 1. The Balaban J connectivity index is 1.73. The van der Waals surface area contributed by atoms with Crippen LogP contribution in [-0.4, -0.2) is 10.2 Å². The molecule has 0 atom stereocenters. The summed E-state index contributed by atoms with van der Waals surface area (Å²) < 4.78 is 0. The molecule has 4 heteroatoms. The number of hydrogen-bond acceptors (Lipinski definition) is 4. The van der Waals surface area contributed by atoms with E-state index in [1.165, 1.54) is 35.3 Å². The maximum absolute atomic E-state index is 3.98. The number of hydrogen-bond donors (Lipinski definition) is 1. The summed E-state index contributed by atoms with van der Waals surface area (Å²) in [5.74, 6) is 0.799. The fraction of sp³-hybridized carbons (Fsp3) is 0.333. The minimum atomic E-state index is 0.799. The minimum absolute atomic E-state index is 0.799. The van der Waals surface area contributed by atoms with Gasteiger partial charge in [-0.15, -0.1) is 10.2 Å². The summed E-state index contributed by atoms with van der Waals surface area (Å²) in [6.45, 7) is 0.849. The Morgan fingerprint density at radius 1 is 1.31 bits per heavy atom. The van der Waals surface area contributed by atoms with Crippen LogP contribution in [0.4, 0.5) is 5.13 Å². The van der Waals surface area contributed by atoms with Gasteiger partial charge in [0.05, 0.1) is 0 Å². The summed E-state index contributed by atoms with van der Waals surface area (Å²) in [7, 11) is 0. The van der Waals surface area contributed by atoms with Crippen LogP contribution in [0.1, 0.15) is 29.9 Å². The van der Waals surface area contributed by atoms with Crippen LogP contribution in [0.25, 0.3) is 0 Å². The predicted molar refractivity (Wildman–Crippen MR) is 65.7 cm³/mol. The molecular weight excluding hydrogens is 218 g/mol. The van der Waals surface area contributed by atoms with Crippen LogP contribution in [0.3, 0.4) is 0 Å². The van der Waals surface area contributed by atoms with Gasteiger partial charge in [0.2, 0.25) is 5.13 Å². The predicted octanol–water partition coefficient (Wildman–Crippen LogP) is 3.03. The summed E-state index contributed by atoms with van der Waals surface area (Å²) in [4.78, 5) is 0. The van der Waals surface area contributed by atoms with Gasteiger partial charge in [-0.05, 0) is 29.9 Å². The van der Waals surface area contributed by atoms with Crippen LogP contribution in [0.2, 0.25) is 0 Å². The number of nitrogens with one attached hydrogen (secondary N) is 1. The molecule has 1 N–H and O–H groups in total. The van der Waals surface area contributed by atoms with Crippen LogP contribution in [0.15, 0.2) is 29.8 Å². The molecule has 1 aromatic carbocycles. The van der Waals surface area contributed by atoms with Crippen molar-refractivity contribution in [3.8, 4) is 0 Å². The van der Waals surface area contributed by atoms with Gasteiger partial charge >= 0.3 is 0 Å². The highest BCUT2D eigenvalue weighted by Crippen LogP contribution is 2.41. The normalized spacial score (nSPS) is 15.0. The molecule has 0 spiro atoms. The van der Waals surface area contributed by atoms with E-state index in [1.54, 1.807) is 5.51 Å². The van der Waals surface area contributed by atoms with E-state index in [-0.39, 0.29) is 0 Å². The molecule has 16 heavy (non-hydrogen) atoms. The quantitative estimate of drug-likeness (QED) is 0.879. The molecular formula is C12H13N3S. The standard InChI is InChI=1S/C12H13N3S/c1-2-4-11(9-5-6-9)10(3-1)7-13-12-15-14-8-16-12/h1-4,8-9H,5-7H2,(H,13,15). The molecule has 0 bridgehead atoms. The van der Waals surface area contributed by atoms with Crippen LogP contribution < -0.4 is 5.32 Å². The third kappa shape index (κ3) is 2.07. The summed E-state index contributed by atoms with van der Waals surface area (Å²) in [6, 6.07) is 8.67. The molecule has 1 aromatic heterocycles. The zero-order chi connectivity index (χ0) is 10.8. The van der Waals surface area contributed by atoms with E-state index < -0.39 is 0 Å². The molecule has 0 amide bonds. The lowest BCUT2D eigenvalue weighted by Crippen LogP contribution is -2.02. The van der Waals surface area contributed by atoms with E-state index in [1.807, 2.05) is 0 Å². The third-order valence-corrected chi connectivity index (χ3v) is 3.51. The van der Waals surface area contributed by atoms with Gasteiger partial charge in [-0.3, -0.25) is 0 Å². The summed E-state index contributed by atoms with van der Waals surface area (Å²) in [5, 5.41) is 12.0. The first-order chi connectivity index (χ1) is 7.93. The first-order valence-electron chi connectivity index (χ1n) is 5.51. The average Bonchev–Trinajstić information content (AvgIpc) is 3.04. The lowest BCUT2D eigenvalue weighted by atomic mass is 10.0. The smallest absolute Gasteiger partial charge is 0.205 e. The number of rotatable bonds is 4. The van der Waals surface area contributed by atoms with Crippen molar-refractivity contribution < 1.29 is 0 Å². The van der Waals surface area contributed by atoms with Crippen molar-refractivity contribution in [3.63, 3.8) is 0 Å². The maximum atomic E-state index is 3.98. The Bertz CT molecular complexity index is 463. The maximum Gasteiger partial charge on any atom is 0.205 e. The van der Waals surface area contributed by atoms with Crippen molar-refractivity contribution in [1.29, 1.82) is 0 Å². The van der Waals surface area contributed by atoms with Gasteiger partial charge in [-0.2, -0.15) is 0 Å². The van der Waals surface area contributed by atoms with Crippen molar-refractivity contribution in [2.45, 2.75) is 25.3 Å². The molecule has 1 saturated carbocycles. The zero-order valence-electron chi connectivity index (χ0n) is 8.89. The lowest BCUT2D eigenvalue weighted by molar-refractivity contribution is 1.01. The molecule has 82 valence electrons. The molecule has 0 radical (unpaired) electrons. The first-order valence-corrected chi connectivity index (χ1v) is 6.39. The van der Waals surface area contributed by atoms with Crippen LogP contribution in [0.5, 0.6) is 0 Å². The minimum Gasteiger partial charge on any atom is -0.356 e. The van der Waals surface area contributed by atoms with Crippen molar-refractivity contribution in [2.75, 3.05) is 5.32 Å². The van der Waals surface area contributed by atoms with Gasteiger partial charge in [0, 0.05) is 6.54 Å². The van der Waals surface area contributed by atoms with Crippen LogP contribution in [0, 0.1) is 0 Å². The Morgan fingerprint density at radius 2 is 2.19 bits per heavy atom. The van der Waals surface area contributed by atoms with Gasteiger partial charge in [0.25, 0.3) is 0 Å². The second-order valence-electron chi connectivity index (χ2n) is 4.07. The van der Waals surface area contributed by atoms with E-state index in [0.717, 1.165) is 17.6 Å². The fourth-order valence-electron chi connectivity index (χ4n) is 1.91. The number of aromatic nitrogens is 2. The van der Waals surface area contributed by atoms with Gasteiger partial charge in [-0.25, -0.2) is 0 Å². The molecule has 1 heterocycles. The highest BCUT2D eigenvalue weighted by Gasteiger charge is 2.25. The van der Waals surface area contributed by atoms with Crippen molar-refractivity contribution >= 4 is 16.5 Å². The topological polar surface area (TPSA) is 37.8 Å². The highest BCUT2D eigenvalue weighted by molar-refractivity contribution is 7.13. The Hall–Kier alpha value is -1.42. The summed E-state index contributed by atoms with van der Waals surface area (Å²) in [6.07, 6.45) is 2.69. The van der Waals surface area contributed by atoms with Gasteiger partial charge < -0.3 is 5.32 Å². The van der Waals surface area contributed by atoms with E-state index in [2.05, 4.69) is 39.8 Å². The number of nitrogens with zero attached hydrogens (tertiary/aromatic N) is 2. The van der Waals surface area contributed by atoms with E-state index in [0.29, 0.717) is 0 Å². The first kappa shape index (κ1) is 9.78. The second kappa shape index (κ2) is 4.22. The third-order valence-electron chi connectivity index (χ3n) is 2.86. The Kier molecular flexibility index (Phi) is 2.58. The summed E-state index contributed by atoms with van der Waals surface area (Å²) in [5.41, 5.74) is 4.63. The van der Waals surface area contributed by atoms with Crippen molar-refractivity contribution in [3.05, 3.63) is 40.9 Å². The van der Waals surface area contributed by atoms with Crippen LogP contribution in [-0.2, 0) is 6.54 Å². The van der Waals surface area contributed by atoms with Gasteiger partial charge in [0.15, 0.2) is 0 Å². The monoisotopic (exact) mass is 231 g/mol. The number of benzene rings is 1. The average molecular weight is 231 g/mol. The molecule has 0 saturated heterocycles.